The molecule has 0 saturated carbocycles. The van der Waals surface area contributed by atoms with Crippen molar-refractivity contribution in [2.45, 2.75) is 38.1 Å². The first-order valence-corrected chi connectivity index (χ1v) is 11.8. The van der Waals surface area contributed by atoms with Crippen LogP contribution >= 0.6 is 11.8 Å². The van der Waals surface area contributed by atoms with Crippen molar-refractivity contribution >= 4 is 29.3 Å². The quantitative estimate of drug-likeness (QED) is 0.421. The first-order chi connectivity index (χ1) is 16.5. The number of hydrogen-bond donors (Lipinski definition) is 2. The molecule has 0 saturated heterocycles. The van der Waals surface area contributed by atoms with E-state index < -0.39 is 23.7 Å². The number of amides is 2. The minimum atomic E-state index is -4.49. The number of alkyl halides is 3. The molecule has 0 bridgehead atoms. The summed E-state index contributed by atoms with van der Waals surface area (Å²) in [7, 11) is 1.73. The Morgan fingerprint density at radius 1 is 1.09 bits per heavy atom. The zero-order valence-electron chi connectivity index (χ0n) is 19.7. The zero-order valence-corrected chi connectivity index (χ0v) is 20.5. The number of rotatable bonds is 8. The molecule has 186 valence electrons. The van der Waals surface area contributed by atoms with Crippen molar-refractivity contribution in [2.75, 3.05) is 11.1 Å². The zero-order chi connectivity index (χ0) is 25.8. The fourth-order valence-electron chi connectivity index (χ4n) is 3.36. The summed E-state index contributed by atoms with van der Waals surface area (Å²) < 4.78 is 40.3. The van der Waals surface area contributed by atoms with Gasteiger partial charge in [0.05, 0.1) is 17.4 Å². The Morgan fingerprint density at radius 2 is 1.80 bits per heavy atom. The van der Waals surface area contributed by atoms with Crippen LogP contribution in [0.15, 0.2) is 53.7 Å². The monoisotopic (exact) mass is 505 g/mol. The molecular formula is C24H26F3N5O2S. The van der Waals surface area contributed by atoms with E-state index in [2.05, 4.69) is 20.8 Å². The molecule has 0 unspecified atom stereocenters. The third-order valence-corrected chi connectivity index (χ3v) is 6.21. The van der Waals surface area contributed by atoms with Gasteiger partial charge in [-0.3, -0.25) is 9.59 Å². The van der Waals surface area contributed by atoms with Crippen LogP contribution in [0.3, 0.4) is 0 Å². The molecule has 1 atom stereocenters. The van der Waals surface area contributed by atoms with Crippen molar-refractivity contribution in [1.29, 1.82) is 0 Å². The molecule has 1 heterocycles. The Kier molecular flexibility index (Phi) is 8.21. The maximum absolute atomic E-state index is 12.9. The number of aryl methyl sites for hydroxylation is 1. The van der Waals surface area contributed by atoms with Gasteiger partial charge >= 0.3 is 6.18 Å². The molecule has 0 aliphatic rings. The average molecular weight is 506 g/mol. The van der Waals surface area contributed by atoms with Crippen molar-refractivity contribution in [2.24, 2.45) is 13.0 Å². The van der Waals surface area contributed by atoms with Gasteiger partial charge in [0.25, 0.3) is 5.91 Å². The highest BCUT2D eigenvalue weighted by atomic mass is 32.2. The number of aromatic nitrogens is 3. The van der Waals surface area contributed by atoms with Gasteiger partial charge in [-0.1, -0.05) is 49.4 Å². The van der Waals surface area contributed by atoms with Gasteiger partial charge in [0.15, 0.2) is 11.0 Å². The molecule has 2 N–H and O–H groups in total. The Morgan fingerprint density at radius 3 is 2.46 bits per heavy atom. The molecule has 0 radical (unpaired) electrons. The highest BCUT2D eigenvalue weighted by molar-refractivity contribution is 7.99. The van der Waals surface area contributed by atoms with Crippen LogP contribution in [0.5, 0.6) is 0 Å². The number of hydrogen-bond acceptors (Lipinski definition) is 5. The number of nitrogens with zero attached hydrogens (tertiary/aromatic N) is 3. The number of benzene rings is 2. The lowest BCUT2D eigenvalue weighted by molar-refractivity contribution is -0.137. The first kappa shape index (κ1) is 26.3. The van der Waals surface area contributed by atoms with Crippen LogP contribution in [0, 0.1) is 12.8 Å². The fourth-order valence-corrected chi connectivity index (χ4v) is 4.08. The number of nitrogens with one attached hydrogen (secondary N) is 2. The Labute approximate surface area is 205 Å². The van der Waals surface area contributed by atoms with Crippen molar-refractivity contribution in [1.82, 2.24) is 20.1 Å². The van der Waals surface area contributed by atoms with Gasteiger partial charge in [-0.2, -0.15) is 13.2 Å². The van der Waals surface area contributed by atoms with Crippen LogP contribution in [0.4, 0.5) is 18.9 Å². The minimum Gasteiger partial charge on any atom is -0.342 e. The predicted molar refractivity (Wildman–Crippen MR) is 128 cm³/mol. The van der Waals surface area contributed by atoms with Crippen molar-refractivity contribution in [3.05, 3.63) is 71.0 Å². The molecule has 7 nitrogen and oxygen atoms in total. The predicted octanol–water partition coefficient (Wildman–Crippen LogP) is 5.00. The lowest BCUT2D eigenvalue weighted by Crippen LogP contribution is -2.33. The second-order valence-corrected chi connectivity index (χ2v) is 9.32. The van der Waals surface area contributed by atoms with Crippen LogP contribution < -0.4 is 10.6 Å². The summed E-state index contributed by atoms with van der Waals surface area (Å²) in [5, 5.41) is 14.3. The third-order valence-electron chi connectivity index (χ3n) is 5.19. The smallest absolute Gasteiger partial charge is 0.342 e. The normalized spacial score (nSPS) is 12.5. The lowest BCUT2D eigenvalue weighted by atomic mass is 10.0. The Bertz CT molecular complexity index is 1210. The van der Waals surface area contributed by atoms with Gasteiger partial charge in [-0.15, -0.1) is 10.2 Å². The van der Waals surface area contributed by atoms with Crippen LogP contribution in [-0.2, 0) is 18.0 Å². The fraction of sp³-hybridized carbons (Fsp3) is 0.333. The molecule has 0 spiro atoms. The molecule has 3 aromatic rings. The molecule has 1 aromatic heterocycles. The summed E-state index contributed by atoms with van der Waals surface area (Å²) in [5.41, 5.74) is 0.731. The molecule has 35 heavy (non-hydrogen) atoms. The standard InChI is InChI=1S/C24H26F3N5O2S/c1-14(2)20(29-22(34)16-8-5-7-15(3)11-16)21-30-31-23(32(21)4)35-13-19(33)28-18-10-6-9-17(12-18)24(25,26)27/h5-12,14,20H,13H2,1-4H3,(H,28,33)(H,29,34)/t20-/m0/s1. The van der Waals surface area contributed by atoms with E-state index in [1.807, 2.05) is 32.9 Å². The number of thioether (sulfide) groups is 1. The SMILES string of the molecule is Cc1cccc(C(=O)N[C@H](c2nnc(SCC(=O)Nc3cccc(C(F)(F)F)c3)n2C)C(C)C)c1. The first-order valence-electron chi connectivity index (χ1n) is 10.8. The molecule has 11 heteroatoms. The van der Waals surface area contributed by atoms with E-state index in [-0.39, 0.29) is 23.3 Å². The van der Waals surface area contributed by atoms with Crippen molar-refractivity contribution in [3.63, 3.8) is 0 Å². The van der Waals surface area contributed by atoms with E-state index >= 15 is 0 Å². The van der Waals surface area contributed by atoms with Gasteiger partial charge in [0.2, 0.25) is 5.91 Å². The van der Waals surface area contributed by atoms with E-state index in [1.165, 1.54) is 12.1 Å². The van der Waals surface area contributed by atoms with Gasteiger partial charge in [-0.25, -0.2) is 0 Å². The average Bonchev–Trinajstić information content (AvgIpc) is 3.15. The number of halogens is 3. The summed E-state index contributed by atoms with van der Waals surface area (Å²) in [5.74, 6) is -0.253. The van der Waals surface area contributed by atoms with E-state index in [0.717, 1.165) is 29.5 Å². The van der Waals surface area contributed by atoms with Crippen LogP contribution in [0.2, 0.25) is 0 Å². The largest absolute Gasteiger partial charge is 0.416 e. The molecule has 0 fully saturated rings. The van der Waals surface area contributed by atoms with Crippen molar-refractivity contribution in [3.8, 4) is 0 Å². The summed E-state index contributed by atoms with van der Waals surface area (Å²) >= 11 is 1.09. The minimum absolute atomic E-state index is 0.00807. The summed E-state index contributed by atoms with van der Waals surface area (Å²) in [6.45, 7) is 5.81. The number of carbonyl (C=O) groups excluding carboxylic acids is 2. The van der Waals surface area contributed by atoms with Gasteiger partial charge < -0.3 is 15.2 Å². The van der Waals surface area contributed by atoms with Gasteiger partial charge in [-0.05, 0) is 43.2 Å². The Balaban J connectivity index is 1.66. The highest BCUT2D eigenvalue weighted by Crippen LogP contribution is 2.31. The summed E-state index contributed by atoms with van der Waals surface area (Å²) in [6, 6.07) is 11.3. The lowest BCUT2D eigenvalue weighted by Gasteiger charge is -2.21. The molecular weight excluding hydrogens is 479 g/mol. The second kappa shape index (κ2) is 10.9. The number of carbonyl (C=O) groups is 2. The second-order valence-electron chi connectivity index (χ2n) is 8.38. The van der Waals surface area contributed by atoms with E-state index in [4.69, 9.17) is 0 Å². The molecule has 0 aliphatic heterocycles. The molecule has 3 rings (SSSR count). The van der Waals surface area contributed by atoms with Gasteiger partial charge in [0, 0.05) is 18.3 Å². The van der Waals surface area contributed by atoms with Crippen LogP contribution in [0.25, 0.3) is 0 Å². The Hall–Kier alpha value is -3.34. The van der Waals surface area contributed by atoms with E-state index in [0.29, 0.717) is 16.5 Å². The maximum atomic E-state index is 12.9. The van der Waals surface area contributed by atoms with Gasteiger partial charge in [0.1, 0.15) is 0 Å². The van der Waals surface area contributed by atoms with E-state index in [9.17, 15) is 22.8 Å². The van der Waals surface area contributed by atoms with Crippen LogP contribution in [-0.4, -0.2) is 32.3 Å². The highest BCUT2D eigenvalue weighted by Gasteiger charge is 2.30. The van der Waals surface area contributed by atoms with Crippen LogP contribution in [0.1, 0.15) is 47.2 Å². The number of anilines is 1. The molecule has 2 amide bonds. The van der Waals surface area contributed by atoms with Crippen molar-refractivity contribution < 1.29 is 22.8 Å². The molecule has 2 aromatic carbocycles. The third kappa shape index (κ3) is 6.84. The summed E-state index contributed by atoms with van der Waals surface area (Å²) in [4.78, 5) is 25.1. The topological polar surface area (TPSA) is 88.9 Å². The van der Waals surface area contributed by atoms with E-state index in [1.54, 1.807) is 23.7 Å². The summed E-state index contributed by atoms with van der Waals surface area (Å²) in [6.07, 6.45) is -4.49. The maximum Gasteiger partial charge on any atom is 0.416 e. The molecule has 0 aliphatic carbocycles.